The van der Waals surface area contributed by atoms with Gasteiger partial charge in [-0.1, -0.05) is 0 Å². The molecule has 2 rings (SSSR count). The van der Waals surface area contributed by atoms with Gasteiger partial charge in [-0.25, -0.2) is 13.1 Å². The summed E-state index contributed by atoms with van der Waals surface area (Å²) in [5, 5.41) is 5.34. The van der Waals surface area contributed by atoms with Crippen LogP contribution in [0.15, 0.2) is 24.3 Å². The predicted octanol–water partition coefficient (Wildman–Crippen LogP) is 3.04. The van der Waals surface area contributed by atoms with E-state index in [4.69, 9.17) is 0 Å². The van der Waals surface area contributed by atoms with Crippen LogP contribution in [0.25, 0.3) is 0 Å². The van der Waals surface area contributed by atoms with Crippen molar-refractivity contribution in [3.05, 3.63) is 29.8 Å². The van der Waals surface area contributed by atoms with Crippen molar-refractivity contribution in [2.24, 2.45) is 5.92 Å². The lowest BCUT2D eigenvalue weighted by molar-refractivity contribution is -0.120. The van der Waals surface area contributed by atoms with Crippen LogP contribution in [0.3, 0.4) is 0 Å². The first-order chi connectivity index (χ1) is 13.4. The van der Waals surface area contributed by atoms with E-state index in [1.807, 2.05) is 20.8 Å². The Balaban J connectivity index is 1.86. The van der Waals surface area contributed by atoms with Crippen molar-refractivity contribution in [2.45, 2.75) is 77.1 Å². The van der Waals surface area contributed by atoms with E-state index in [2.05, 4.69) is 15.4 Å². The molecule has 1 aliphatic carbocycles. The molecule has 0 spiro atoms. The number of hydrogen-bond donors (Lipinski definition) is 3. The zero-order chi connectivity index (χ0) is 21.8. The van der Waals surface area contributed by atoms with Crippen molar-refractivity contribution >= 4 is 27.5 Å². The Hall–Kier alpha value is -1.93. The van der Waals surface area contributed by atoms with Gasteiger partial charge < -0.3 is 10.6 Å². The highest BCUT2D eigenvalue weighted by Crippen LogP contribution is 2.26. The topological polar surface area (TPSA) is 104 Å². The molecule has 0 atom stereocenters. The smallest absolute Gasteiger partial charge is 0.251 e. The van der Waals surface area contributed by atoms with Gasteiger partial charge in [0.05, 0.1) is 5.25 Å². The minimum atomic E-state index is -3.29. The van der Waals surface area contributed by atoms with Crippen molar-refractivity contribution in [2.75, 3.05) is 5.32 Å². The van der Waals surface area contributed by atoms with Gasteiger partial charge in [0.1, 0.15) is 0 Å². The van der Waals surface area contributed by atoms with E-state index in [-0.39, 0.29) is 29.3 Å². The molecular weight excluding hydrogens is 390 g/mol. The van der Waals surface area contributed by atoms with Crippen LogP contribution in [-0.2, 0) is 14.8 Å². The molecule has 1 aliphatic rings. The number of amides is 2. The quantitative estimate of drug-likeness (QED) is 0.654. The molecule has 162 valence electrons. The standard InChI is InChI=1S/C21H33N3O4S/c1-14(2)29(27,28)24-18-12-8-15(9-13-18)19(25)22-17-10-6-16(7-11-17)20(26)23-21(3,4)5/h6-7,10-11,14-15,18,24H,8-9,12-13H2,1-5H3,(H,22,25)(H,23,26)/t15-,18-. The molecule has 2 amide bonds. The van der Waals surface area contributed by atoms with Crippen LogP contribution in [-0.4, -0.2) is 37.1 Å². The van der Waals surface area contributed by atoms with Crippen molar-refractivity contribution in [1.82, 2.24) is 10.0 Å². The van der Waals surface area contributed by atoms with E-state index < -0.39 is 15.3 Å². The van der Waals surface area contributed by atoms with E-state index in [0.29, 0.717) is 36.9 Å². The molecule has 0 saturated heterocycles. The van der Waals surface area contributed by atoms with Gasteiger partial charge in [-0.15, -0.1) is 0 Å². The third kappa shape index (κ3) is 7.12. The van der Waals surface area contributed by atoms with E-state index in [1.54, 1.807) is 38.1 Å². The van der Waals surface area contributed by atoms with Crippen LogP contribution in [0.5, 0.6) is 0 Å². The normalized spacial score (nSPS) is 20.3. The zero-order valence-corrected chi connectivity index (χ0v) is 18.7. The number of nitrogens with one attached hydrogen (secondary N) is 3. The molecule has 0 bridgehead atoms. The Morgan fingerprint density at radius 3 is 2.03 bits per heavy atom. The Labute approximate surface area is 174 Å². The minimum Gasteiger partial charge on any atom is -0.347 e. The summed E-state index contributed by atoms with van der Waals surface area (Å²) in [6.07, 6.45) is 2.58. The van der Waals surface area contributed by atoms with Gasteiger partial charge in [0.2, 0.25) is 15.9 Å². The second-order valence-electron chi connectivity index (χ2n) is 9.03. The fourth-order valence-corrected chi connectivity index (χ4v) is 4.18. The van der Waals surface area contributed by atoms with Gasteiger partial charge >= 0.3 is 0 Å². The molecule has 3 N–H and O–H groups in total. The maximum Gasteiger partial charge on any atom is 0.251 e. The van der Waals surface area contributed by atoms with Gasteiger partial charge in [-0.3, -0.25) is 9.59 Å². The van der Waals surface area contributed by atoms with Gasteiger partial charge in [-0.05, 0) is 84.6 Å². The average Bonchev–Trinajstić information content (AvgIpc) is 2.61. The van der Waals surface area contributed by atoms with E-state index in [0.717, 1.165) is 0 Å². The summed E-state index contributed by atoms with van der Waals surface area (Å²) in [6.45, 7) is 9.06. The second kappa shape index (κ2) is 9.26. The highest BCUT2D eigenvalue weighted by Gasteiger charge is 2.29. The molecule has 8 heteroatoms. The predicted molar refractivity (Wildman–Crippen MR) is 115 cm³/mol. The maximum atomic E-state index is 12.5. The third-order valence-corrected chi connectivity index (χ3v) is 6.86. The number of carbonyl (C=O) groups is 2. The molecule has 1 aromatic rings. The lowest BCUT2D eigenvalue weighted by Gasteiger charge is -2.28. The Morgan fingerprint density at radius 1 is 1.00 bits per heavy atom. The fraction of sp³-hybridized carbons (Fsp3) is 0.619. The van der Waals surface area contributed by atoms with Crippen LogP contribution in [0.4, 0.5) is 5.69 Å². The summed E-state index contributed by atoms with van der Waals surface area (Å²) in [5.74, 6) is -0.363. The molecule has 0 heterocycles. The monoisotopic (exact) mass is 423 g/mol. The molecule has 0 radical (unpaired) electrons. The zero-order valence-electron chi connectivity index (χ0n) is 17.9. The third-order valence-electron chi connectivity index (χ3n) is 4.95. The summed E-state index contributed by atoms with van der Waals surface area (Å²) in [5.41, 5.74) is 0.868. The summed E-state index contributed by atoms with van der Waals surface area (Å²) in [7, 11) is -3.29. The first kappa shape index (κ1) is 23.3. The summed E-state index contributed by atoms with van der Waals surface area (Å²) < 4.78 is 26.7. The second-order valence-corrected chi connectivity index (χ2v) is 11.3. The van der Waals surface area contributed by atoms with Crippen molar-refractivity contribution < 1.29 is 18.0 Å². The highest BCUT2D eigenvalue weighted by molar-refractivity contribution is 7.90. The van der Waals surface area contributed by atoms with Crippen LogP contribution >= 0.6 is 0 Å². The van der Waals surface area contributed by atoms with E-state index in [9.17, 15) is 18.0 Å². The van der Waals surface area contributed by atoms with Crippen molar-refractivity contribution in [1.29, 1.82) is 0 Å². The molecule has 0 aromatic heterocycles. The Morgan fingerprint density at radius 2 is 1.55 bits per heavy atom. The maximum absolute atomic E-state index is 12.5. The van der Waals surface area contributed by atoms with Crippen LogP contribution < -0.4 is 15.4 Å². The lowest BCUT2D eigenvalue weighted by Crippen LogP contribution is -2.42. The van der Waals surface area contributed by atoms with Gasteiger partial charge in [0.15, 0.2) is 0 Å². The van der Waals surface area contributed by atoms with Gasteiger partial charge in [0.25, 0.3) is 5.91 Å². The molecular formula is C21H33N3O4S. The minimum absolute atomic E-state index is 0.0675. The van der Waals surface area contributed by atoms with Gasteiger partial charge in [-0.2, -0.15) is 0 Å². The fourth-order valence-electron chi connectivity index (χ4n) is 3.20. The first-order valence-corrected chi connectivity index (χ1v) is 11.7. The number of sulfonamides is 1. The van der Waals surface area contributed by atoms with E-state index in [1.165, 1.54) is 0 Å². The van der Waals surface area contributed by atoms with Crippen molar-refractivity contribution in [3.63, 3.8) is 0 Å². The van der Waals surface area contributed by atoms with Crippen LogP contribution in [0, 0.1) is 5.92 Å². The Bertz CT molecular complexity index is 818. The first-order valence-electron chi connectivity index (χ1n) is 10.1. The van der Waals surface area contributed by atoms with Crippen LogP contribution in [0.1, 0.15) is 70.7 Å². The van der Waals surface area contributed by atoms with Crippen molar-refractivity contribution in [3.8, 4) is 0 Å². The lowest BCUT2D eigenvalue weighted by atomic mass is 9.86. The number of benzene rings is 1. The number of carbonyl (C=O) groups excluding carboxylic acids is 2. The summed E-state index contributed by atoms with van der Waals surface area (Å²) >= 11 is 0. The largest absolute Gasteiger partial charge is 0.347 e. The molecule has 0 unspecified atom stereocenters. The Kier molecular flexibility index (Phi) is 7.45. The SMILES string of the molecule is CC(C)S(=O)(=O)N[C@H]1CC[C@H](C(=O)Nc2ccc(C(=O)NC(C)(C)C)cc2)CC1. The number of anilines is 1. The molecule has 1 saturated carbocycles. The number of rotatable bonds is 6. The summed E-state index contributed by atoms with van der Waals surface area (Å²) in [6, 6.07) is 6.71. The summed E-state index contributed by atoms with van der Waals surface area (Å²) in [4.78, 5) is 24.7. The molecule has 7 nitrogen and oxygen atoms in total. The van der Waals surface area contributed by atoms with E-state index >= 15 is 0 Å². The average molecular weight is 424 g/mol. The van der Waals surface area contributed by atoms with Gasteiger partial charge in [0, 0.05) is 28.7 Å². The molecule has 0 aliphatic heterocycles. The van der Waals surface area contributed by atoms with Crippen LogP contribution in [0.2, 0.25) is 0 Å². The number of hydrogen-bond acceptors (Lipinski definition) is 4. The molecule has 1 fully saturated rings. The highest BCUT2D eigenvalue weighted by atomic mass is 32.2. The molecule has 29 heavy (non-hydrogen) atoms. The molecule has 1 aromatic carbocycles.